The molecule has 1 fully saturated rings. The number of para-hydroxylation sites is 1. The summed E-state index contributed by atoms with van der Waals surface area (Å²) < 4.78 is 38.6. The quantitative estimate of drug-likeness (QED) is 0.678. The molecule has 1 aromatic rings. The van der Waals surface area contributed by atoms with Gasteiger partial charge in [0.1, 0.15) is 0 Å². The van der Waals surface area contributed by atoms with Crippen molar-refractivity contribution >= 4 is 5.69 Å². The zero-order valence-corrected chi connectivity index (χ0v) is 11.3. The van der Waals surface area contributed by atoms with Crippen LogP contribution >= 0.6 is 0 Å². The Kier molecular flexibility index (Phi) is 4.38. The van der Waals surface area contributed by atoms with Crippen LogP contribution in [0.4, 0.5) is 18.9 Å². The highest BCUT2D eigenvalue weighted by atomic mass is 19.4. The van der Waals surface area contributed by atoms with Gasteiger partial charge in [0.15, 0.2) is 0 Å². The van der Waals surface area contributed by atoms with Crippen LogP contribution < -0.4 is 5.73 Å². The predicted molar refractivity (Wildman–Crippen MR) is 74.5 cm³/mol. The van der Waals surface area contributed by atoms with Crippen LogP contribution in [0, 0.1) is 0 Å². The number of hydrogen-bond acceptors (Lipinski definition) is 2. The zero-order chi connectivity index (χ0) is 14.8. The number of piperidine rings is 1. The summed E-state index contributed by atoms with van der Waals surface area (Å²) in [6.45, 7) is 6.26. The number of halogens is 3. The lowest BCUT2D eigenvalue weighted by molar-refractivity contribution is -0.136. The Morgan fingerprint density at radius 3 is 2.50 bits per heavy atom. The molecule has 0 aromatic heterocycles. The van der Waals surface area contributed by atoms with E-state index in [0.29, 0.717) is 5.56 Å². The van der Waals surface area contributed by atoms with E-state index in [4.69, 9.17) is 5.73 Å². The second kappa shape index (κ2) is 5.87. The number of nitrogens with two attached hydrogens (primary N) is 1. The summed E-state index contributed by atoms with van der Waals surface area (Å²) in [5, 5.41) is 0. The van der Waals surface area contributed by atoms with Crippen LogP contribution in [0.25, 0.3) is 0 Å². The summed E-state index contributed by atoms with van der Waals surface area (Å²) in [5.74, 6) is 0.110. The molecule has 0 radical (unpaired) electrons. The predicted octanol–water partition coefficient (Wildman–Crippen LogP) is 3.65. The molecule has 1 aliphatic heterocycles. The SMILES string of the molecule is C=CCN1CCC(c2cccc(C(F)(F)F)c2N)CC1. The van der Waals surface area contributed by atoms with Gasteiger partial charge in [-0.15, -0.1) is 6.58 Å². The van der Waals surface area contributed by atoms with Crippen molar-refractivity contribution in [2.24, 2.45) is 0 Å². The Morgan fingerprint density at radius 2 is 1.95 bits per heavy atom. The van der Waals surface area contributed by atoms with E-state index in [1.807, 2.05) is 6.08 Å². The molecule has 0 amide bonds. The third-order valence-corrected chi connectivity index (χ3v) is 3.86. The standard InChI is InChI=1S/C15H19F3N2/c1-2-8-20-9-6-11(7-10-20)12-4-3-5-13(14(12)19)15(16,17)18/h2-5,11H,1,6-10,19H2. The molecule has 2 rings (SSSR count). The number of anilines is 1. The van der Waals surface area contributed by atoms with Crippen LogP contribution in [0.2, 0.25) is 0 Å². The van der Waals surface area contributed by atoms with Crippen molar-refractivity contribution in [2.75, 3.05) is 25.4 Å². The fourth-order valence-electron chi connectivity index (χ4n) is 2.80. The van der Waals surface area contributed by atoms with Gasteiger partial charge in [0.2, 0.25) is 0 Å². The lowest BCUT2D eigenvalue weighted by Gasteiger charge is -2.32. The fraction of sp³-hybridized carbons (Fsp3) is 0.467. The fourth-order valence-corrected chi connectivity index (χ4v) is 2.80. The number of nitrogen functional groups attached to an aromatic ring is 1. The molecule has 2 N–H and O–H groups in total. The molecule has 1 aliphatic rings. The van der Waals surface area contributed by atoms with Crippen LogP contribution in [-0.2, 0) is 6.18 Å². The monoisotopic (exact) mass is 284 g/mol. The number of benzene rings is 1. The van der Waals surface area contributed by atoms with Gasteiger partial charge in [-0.05, 0) is 43.5 Å². The van der Waals surface area contributed by atoms with Gasteiger partial charge in [0.25, 0.3) is 0 Å². The maximum Gasteiger partial charge on any atom is 0.418 e. The lowest BCUT2D eigenvalue weighted by atomic mass is 9.87. The van der Waals surface area contributed by atoms with Gasteiger partial charge in [0, 0.05) is 12.2 Å². The second-order valence-corrected chi connectivity index (χ2v) is 5.17. The number of likely N-dealkylation sites (tertiary alicyclic amines) is 1. The third kappa shape index (κ3) is 3.15. The molecule has 0 saturated carbocycles. The Balaban J connectivity index is 2.16. The smallest absolute Gasteiger partial charge is 0.398 e. The first kappa shape index (κ1) is 14.9. The molecule has 0 unspecified atom stereocenters. The maximum atomic E-state index is 12.9. The molecule has 0 atom stereocenters. The molecule has 1 saturated heterocycles. The summed E-state index contributed by atoms with van der Waals surface area (Å²) in [4.78, 5) is 2.24. The minimum atomic E-state index is -4.39. The molecule has 0 aliphatic carbocycles. The normalized spacial score (nSPS) is 18.1. The molecule has 1 aromatic carbocycles. The lowest BCUT2D eigenvalue weighted by Crippen LogP contribution is -2.33. The number of nitrogens with zero attached hydrogens (tertiary/aromatic N) is 1. The molecular formula is C15H19F3N2. The zero-order valence-electron chi connectivity index (χ0n) is 11.3. The molecule has 20 heavy (non-hydrogen) atoms. The summed E-state index contributed by atoms with van der Waals surface area (Å²) >= 11 is 0. The van der Waals surface area contributed by atoms with Crippen molar-refractivity contribution < 1.29 is 13.2 Å². The van der Waals surface area contributed by atoms with E-state index in [1.54, 1.807) is 6.07 Å². The molecule has 110 valence electrons. The van der Waals surface area contributed by atoms with E-state index in [1.165, 1.54) is 6.07 Å². The van der Waals surface area contributed by atoms with E-state index >= 15 is 0 Å². The van der Waals surface area contributed by atoms with Gasteiger partial charge < -0.3 is 5.73 Å². The second-order valence-electron chi connectivity index (χ2n) is 5.17. The van der Waals surface area contributed by atoms with E-state index in [0.717, 1.165) is 38.5 Å². The Labute approximate surface area is 117 Å². The minimum Gasteiger partial charge on any atom is -0.398 e. The van der Waals surface area contributed by atoms with Crippen LogP contribution in [0.1, 0.15) is 29.9 Å². The van der Waals surface area contributed by atoms with Crippen LogP contribution in [0.3, 0.4) is 0 Å². The first-order valence-corrected chi connectivity index (χ1v) is 6.72. The van der Waals surface area contributed by atoms with Crippen molar-refractivity contribution in [3.63, 3.8) is 0 Å². The Bertz CT molecular complexity index is 474. The molecule has 1 heterocycles. The highest BCUT2D eigenvalue weighted by Gasteiger charge is 2.34. The van der Waals surface area contributed by atoms with Crippen LogP contribution in [0.15, 0.2) is 30.9 Å². The van der Waals surface area contributed by atoms with Crippen LogP contribution in [-0.4, -0.2) is 24.5 Å². The van der Waals surface area contributed by atoms with Gasteiger partial charge in [-0.1, -0.05) is 18.2 Å². The van der Waals surface area contributed by atoms with E-state index < -0.39 is 11.7 Å². The first-order valence-electron chi connectivity index (χ1n) is 6.72. The highest BCUT2D eigenvalue weighted by Crippen LogP contribution is 2.39. The Morgan fingerprint density at radius 1 is 1.30 bits per heavy atom. The molecule has 0 spiro atoms. The van der Waals surface area contributed by atoms with E-state index in [-0.39, 0.29) is 11.6 Å². The maximum absolute atomic E-state index is 12.9. The van der Waals surface area contributed by atoms with Gasteiger partial charge in [0.05, 0.1) is 5.56 Å². The first-order chi connectivity index (χ1) is 9.43. The third-order valence-electron chi connectivity index (χ3n) is 3.86. The minimum absolute atomic E-state index is 0.109. The largest absolute Gasteiger partial charge is 0.418 e. The number of alkyl halides is 3. The van der Waals surface area contributed by atoms with Crippen molar-refractivity contribution in [1.29, 1.82) is 0 Å². The average molecular weight is 284 g/mol. The average Bonchev–Trinajstić information content (AvgIpc) is 2.39. The van der Waals surface area contributed by atoms with Crippen molar-refractivity contribution in [3.8, 4) is 0 Å². The van der Waals surface area contributed by atoms with Crippen molar-refractivity contribution in [3.05, 3.63) is 42.0 Å². The highest BCUT2D eigenvalue weighted by molar-refractivity contribution is 5.56. The summed E-state index contributed by atoms with van der Waals surface area (Å²) in [6.07, 6.45) is -0.874. The van der Waals surface area contributed by atoms with Crippen molar-refractivity contribution in [2.45, 2.75) is 24.9 Å². The van der Waals surface area contributed by atoms with Gasteiger partial charge in [-0.25, -0.2) is 0 Å². The van der Waals surface area contributed by atoms with E-state index in [2.05, 4.69) is 11.5 Å². The van der Waals surface area contributed by atoms with Crippen molar-refractivity contribution in [1.82, 2.24) is 4.90 Å². The van der Waals surface area contributed by atoms with Gasteiger partial charge >= 0.3 is 6.18 Å². The summed E-state index contributed by atoms with van der Waals surface area (Å²) in [6, 6.07) is 4.22. The topological polar surface area (TPSA) is 29.3 Å². The molecular weight excluding hydrogens is 265 g/mol. The molecule has 0 bridgehead atoms. The van der Waals surface area contributed by atoms with Gasteiger partial charge in [-0.2, -0.15) is 13.2 Å². The van der Waals surface area contributed by atoms with Crippen LogP contribution in [0.5, 0.6) is 0 Å². The summed E-state index contributed by atoms with van der Waals surface area (Å²) in [7, 11) is 0. The molecule has 5 heteroatoms. The van der Waals surface area contributed by atoms with Gasteiger partial charge in [-0.3, -0.25) is 4.90 Å². The Hall–Kier alpha value is -1.49. The van der Waals surface area contributed by atoms with E-state index in [9.17, 15) is 13.2 Å². The summed E-state index contributed by atoms with van der Waals surface area (Å²) in [5.41, 5.74) is 5.55. The molecule has 2 nitrogen and oxygen atoms in total. The number of hydrogen-bond donors (Lipinski definition) is 1. The number of rotatable bonds is 3.